The van der Waals surface area contributed by atoms with E-state index in [4.69, 9.17) is 10.5 Å². The van der Waals surface area contributed by atoms with Crippen LogP contribution in [0, 0.1) is 0 Å². The van der Waals surface area contributed by atoms with E-state index >= 15 is 0 Å². The van der Waals surface area contributed by atoms with Crippen molar-refractivity contribution in [3.05, 3.63) is 47.4 Å². The average molecular weight is 284 g/mol. The first kappa shape index (κ1) is 13.4. The second kappa shape index (κ2) is 5.40. The van der Waals surface area contributed by atoms with Crippen molar-refractivity contribution in [3.63, 3.8) is 0 Å². The normalized spacial score (nSPS) is 16.3. The summed E-state index contributed by atoms with van der Waals surface area (Å²) in [7, 11) is 1.68. The SMILES string of the molecule is COc1cccc2c1CCC2Nc1cncc(C(N)=O)n1. The Balaban J connectivity index is 1.86. The monoisotopic (exact) mass is 284 g/mol. The fourth-order valence-corrected chi connectivity index (χ4v) is 2.69. The summed E-state index contributed by atoms with van der Waals surface area (Å²) >= 11 is 0. The number of ether oxygens (including phenoxy) is 1. The van der Waals surface area contributed by atoms with Crippen molar-refractivity contribution in [3.8, 4) is 5.75 Å². The standard InChI is InChI=1S/C15H16N4O2/c1-21-13-4-2-3-9-10(13)5-6-11(9)18-14-8-17-7-12(19-14)15(16)20/h2-4,7-8,11H,5-6H2,1H3,(H2,16,20)(H,18,19). The van der Waals surface area contributed by atoms with Crippen LogP contribution in [-0.2, 0) is 6.42 Å². The number of nitrogens with zero attached hydrogens (tertiary/aromatic N) is 2. The van der Waals surface area contributed by atoms with Gasteiger partial charge in [-0.2, -0.15) is 0 Å². The second-order valence-electron chi connectivity index (χ2n) is 4.92. The highest BCUT2D eigenvalue weighted by Gasteiger charge is 2.25. The number of aromatic nitrogens is 2. The Bertz CT molecular complexity index is 687. The molecule has 1 unspecified atom stereocenters. The van der Waals surface area contributed by atoms with Crippen LogP contribution in [0.15, 0.2) is 30.6 Å². The molecular weight excluding hydrogens is 268 g/mol. The maximum absolute atomic E-state index is 11.1. The molecule has 1 heterocycles. The predicted molar refractivity (Wildman–Crippen MR) is 78.2 cm³/mol. The summed E-state index contributed by atoms with van der Waals surface area (Å²) in [5.41, 5.74) is 7.79. The molecule has 3 N–H and O–H groups in total. The zero-order chi connectivity index (χ0) is 14.8. The van der Waals surface area contributed by atoms with Crippen molar-refractivity contribution < 1.29 is 9.53 Å². The van der Waals surface area contributed by atoms with Crippen molar-refractivity contribution in [2.75, 3.05) is 12.4 Å². The van der Waals surface area contributed by atoms with Crippen molar-refractivity contribution in [2.24, 2.45) is 5.73 Å². The summed E-state index contributed by atoms with van der Waals surface area (Å²) < 4.78 is 5.39. The molecule has 6 heteroatoms. The molecule has 1 aliphatic rings. The van der Waals surface area contributed by atoms with Gasteiger partial charge in [0.2, 0.25) is 0 Å². The van der Waals surface area contributed by atoms with E-state index in [0.29, 0.717) is 5.82 Å². The van der Waals surface area contributed by atoms with E-state index in [1.165, 1.54) is 17.3 Å². The summed E-state index contributed by atoms with van der Waals surface area (Å²) in [6.45, 7) is 0. The molecule has 108 valence electrons. The molecule has 1 aromatic heterocycles. The lowest BCUT2D eigenvalue weighted by Gasteiger charge is -2.15. The highest BCUT2D eigenvalue weighted by atomic mass is 16.5. The number of rotatable bonds is 4. The number of amides is 1. The Morgan fingerprint density at radius 1 is 1.43 bits per heavy atom. The molecule has 21 heavy (non-hydrogen) atoms. The Morgan fingerprint density at radius 2 is 2.29 bits per heavy atom. The minimum Gasteiger partial charge on any atom is -0.496 e. The topological polar surface area (TPSA) is 90.1 Å². The van der Waals surface area contributed by atoms with Crippen molar-refractivity contribution in [1.29, 1.82) is 0 Å². The maximum Gasteiger partial charge on any atom is 0.268 e. The van der Waals surface area contributed by atoms with E-state index in [1.54, 1.807) is 13.3 Å². The van der Waals surface area contributed by atoms with Crippen molar-refractivity contribution in [2.45, 2.75) is 18.9 Å². The van der Waals surface area contributed by atoms with Crippen molar-refractivity contribution in [1.82, 2.24) is 9.97 Å². The number of benzene rings is 1. The van der Waals surface area contributed by atoms with Crippen LogP contribution < -0.4 is 15.8 Å². The number of methoxy groups -OCH3 is 1. The number of nitrogens with two attached hydrogens (primary N) is 1. The van der Waals surface area contributed by atoms with E-state index in [2.05, 4.69) is 21.4 Å². The largest absolute Gasteiger partial charge is 0.496 e. The average Bonchev–Trinajstić information content (AvgIpc) is 2.90. The van der Waals surface area contributed by atoms with Gasteiger partial charge in [0.15, 0.2) is 0 Å². The fraction of sp³-hybridized carbons (Fsp3) is 0.267. The number of hydrogen-bond donors (Lipinski definition) is 2. The third-order valence-electron chi connectivity index (χ3n) is 3.66. The first-order valence-corrected chi connectivity index (χ1v) is 6.73. The fourth-order valence-electron chi connectivity index (χ4n) is 2.69. The zero-order valence-corrected chi connectivity index (χ0v) is 11.7. The Hall–Kier alpha value is -2.63. The molecule has 0 saturated carbocycles. The summed E-state index contributed by atoms with van der Waals surface area (Å²) in [4.78, 5) is 19.3. The molecule has 1 atom stereocenters. The third kappa shape index (κ3) is 2.52. The Kier molecular flexibility index (Phi) is 3.43. The molecule has 0 spiro atoms. The second-order valence-corrected chi connectivity index (χ2v) is 4.92. The van der Waals surface area contributed by atoms with E-state index < -0.39 is 5.91 Å². The van der Waals surface area contributed by atoms with Crippen LogP contribution in [0.5, 0.6) is 5.75 Å². The summed E-state index contributed by atoms with van der Waals surface area (Å²) in [5, 5.41) is 3.31. The molecule has 1 amide bonds. The summed E-state index contributed by atoms with van der Waals surface area (Å²) in [5.74, 6) is 0.875. The highest BCUT2D eigenvalue weighted by molar-refractivity contribution is 5.90. The van der Waals surface area contributed by atoms with Gasteiger partial charge >= 0.3 is 0 Å². The van der Waals surface area contributed by atoms with Crippen LogP contribution in [-0.4, -0.2) is 23.0 Å². The molecule has 2 aromatic rings. The smallest absolute Gasteiger partial charge is 0.268 e. The van der Waals surface area contributed by atoms with Gasteiger partial charge in [-0.3, -0.25) is 9.78 Å². The molecule has 3 rings (SSSR count). The van der Waals surface area contributed by atoms with Crippen LogP contribution in [0.2, 0.25) is 0 Å². The molecule has 0 radical (unpaired) electrons. The van der Waals surface area contributed by atoms with E-state index in [0.717, 1.165) is 18.6 Å². The van der Waals surface area contributed by atoms with E-state index in [1.807, 2.05) is 12.1 Å². The lowest BCUT2D eigenvalue weighted by Crippen LogP contribution is -2.16. The van der Waals surface area contributed by atoms with Gasteiger partial charge in [-0.25, -0.2) is 4.98 Å². The third-order valence-corrected chi connectivity index (χ3v) is 3.66. The van der Waals surface area contributed by atoms with Gasteiger partial charge in [0.05, 0.1) is 25.5 Å². The number of fused-ring (bicyclic) bond motifs is 1. The molecule has 0 aliphatic heterocycles. The lowest BCUT2D eigenvalue weighted by molar-refractivity contribution is 0.0995. The van der Waals surface area contributed by atoms with Gasteiger partial charge in [-0.05, 0) is 30.0 Å². The molecule has 1 aliphatic carbocycles. The predicted octanol–water partition coefficient (Wildman–Crippen LogP) is 1.68. The van der Waals surface area contributed by atoms with Crippen molar-refractivity contribution >= 4 is 11.7 Å². The quantitative estimate of drug-likeness (QED) is 0.891. The summed E-state index contributed by atoms with van der Waals surface area (Å²) in [6, 6.07) is 6.15. The van der Waals surface area contributed by atoms with E-state index in [-0.39, 0.29) is 11.7 Å². The molecule has 0 bridgehead atoms. The van der Waals surface area contributed by atoms with Crippen LogP contribution in [0.25, 0.3) is 0 Å². The number of carbonyl (C=O) groups excluding carboxylic acids is 1. The summed E-state index contributed by atoms with van der Waals surface area (Å²) in [6.07, 6.45) is 4.84. The maximum atomic E-state index is 11.1. The molecule has 1 aromatic carbocycles. The van der Waals surface area contributed by atoms with Gasteiger partial charge in [-0.15, -0.1) is 0 Å². The van der Waals surface area contributed by atoms with Gasteiger partial charge in [0.25, 0.3) is 5.91 Å². The van der Waals surface area contributed by atoms with Crippen LogP contribution >= 0.6 is 0 Å². The Labute approximate surface area is 122 Å². The van der Waals surface area contributed by atoms with Gasteiger partial charge < -0.3 is 15.8 Å². The molecule has 0 saturated heterocycles. The van der Waals surface area contributed by atoms with Crippen LogP contribution in [0.3, 0.4) is 0 Å². The highest BCUT2D eigenvalue weighted by Crippen LogP contribution is 2.38. The van der Waals surface area contributed by atoms with Gasteiger partial charge in [-0.1, -0.05) is 12.1 Å². The first-order valence-electron chi connectivity index (χ1n) is 6.73. The number of primary amides is 1. The number of hydrogen-bond acceptors (Lipinski definition) is 5. The molecular formula is C15H16N4O2. The lowest BCUT2D eigenvalue weighted by atomic mass is 10.1. The Morgan fingerprint density at radius 3 is 3.05 bits per heavy atom. The van der Waals surface area contributed by atoms with E-state index in [9.17, 15) is 4.79 Å². The molecule has 6 nitrogen and oxygen atoms in total. The zero-order valence-electron chi connectivity index (χ0n) is 11.7. The molecule has 0 fully saturated rings. The first-order chi connectivity index (χ1) is 10.2. The van der Waals surface area contributed by atoms with Gasteiger partial charge in [0, 0.05) is 0 Å². The number of nitrogens with one attached hydrogen (secondary N) is 1. The van der Waals surface area contributed by atoms with Crippen LogP contribution in [0.4, 0.5) is 5.82 Å². The number of anilines is 1. The number of carbonyl (C=O) groups is 1. The van der Waals surface area contributed by atoms with Crippen LogP contribution in [0.1, 0.15) is 34.1 Å². The van der Waals surface area contributed by atoms with Gasteiger partial charge in [0.1, 0.15) is 17.3 Å². The minimum absolute atomic E-state index is 0.132. The minimum atomic E-state index is -0.584.